The molecule has 1 fully saturated rings. The SMILES string of the molecule is C=C(C#N)CNc1c(C(N)=O)ccc2ccc(-c3cccc(C(=O)NCCC4CCN(C)CC4)n3)cc12. The van der Waals surface area contributed by atoms with Gasteiger partial charge in [0.1, 0.15) is 5.69 Å². The van der Waals surface area contributed by atoms with Gasteiger partial charge >= 0.3 is 0 Å². The molecule has 4 N–H and O–H groups in total. The van der Waals surface area contributed by atoms with Crippen LogP contribution in [0.15, 0.2) is 60.7 Å². The van der Waals surface area contributed by atoms with Gasteiger partial charge in [-0.25, -0.2) is 4.98 Å². The number of primary amides is 1. The Hall–Kier alpha value is -4.22. The first-order valence-electron chi connectivity index (χ1n) is 12.5. The first-order chi connectivity index (χ1) is 17.9. The van der Waals surface area contributed by atoms with Gasteiger partial charge in [0, 0.05) is 29.6 Å². The average Bonchev–Trinajstić information content (AvgIpc) is 2.92. The number of anilines is 1. The fourth-order valence-corrected chi connectivity index (χ4v) is 4.66. The van der Waals surface area contributed by atoms with Crippen molar-refractivity contribution in [3.63, 3.8) is 0 Å². The highest BCUT2D eigenvalue weighted by Gasteiger charge is 2.17. The lowest BCUT2D eigenvalue weighted by molar-refractivity contribution is 0.0943. The summed E-state index contributed by atoms with van der Waals surface area (Å²) in [4.78, 5) is 31.9. The van der Waals surface area contributed by atoms with E-state index < -0.39 is 5.91 Å². The van der Waals surface area contributed by atoms with Gasteiger partial charge in [0.15, 0.2) is 0 Å². The van der Waals surface area contributed by atoms with Crippen molar-refractivity contribution in [2.24, 2.45) is 11.7 Å². The van der Waals surface area contributed by atoms with Crippen molar-refractivity contribution in [3.05, 3.63) is 71.9 Å². The van der Waals surface area contributed by atoms with E-state index in [1.165, 1.54) is 12.8 Å². The molecule has 2 heterocycles. The number of nitriles is 1. The normalized spacial score (nSPS) is 14.2. The number of fused-ring (bicyclic) bond motifs is 1. The molecule has 0 radical (unpaired) electrons. The smallest absolute Gasteiger partial charge is 0.269 e. The molecule has 8 heteroatoms. The van der Waals surface area contributed by atoms with Crippen molar-refractivity contribution < 1.29 is 9.59 Å². The first kappa shape index (κ1) is 25.9. The van der Waals surface area contributed by atoms with Crippen LogP contribution >= 0.6 is 0 Å². The van der Waals surface area contributed by atoms with E-state index in [4.69, 9.17) is 11.0 Å². The average molecular weight is 497 g/mol. The van der Waals surface area contributed by atoms with E-state index in [9.17, 15) is 9.59 Å². The second kappa shape index (κ2) is 11.7. The number of carbonyl (C=O) groups excluding carboxylic acids is 2. The summed E-state index contributed by atoms with van der Waals surface area (Å²) in [5.41, 5.74) is 8.59. The zero-order valence-electron chi connectivity index (χ0n) is 21.1. The fraction of sp³-hybridized carbons (Fsp3) is 0.310. The van der Waals surface area contributed by atoms with Crippen LogP contribution in [0.25, 0.3) is 22.0 Å². The molecular formula is C29H32N6O2. The van der Waals surface area contributed by atoms with Crippen LogP contribution < -0.4 is 16.4 Å². The first-order valence-corrected chi connectivity index (χ1v) is 12.5. The van der Waals surface area contributed by atoms with E-state index in [1.54, 1.807) is 12.1 Å². The molecule has 1 aromatic heterocycles. The van der Waals surface area contributed by atoms with Crippen LogP contribution in [0.5, 0.6) is 0 Å². The third-order valence-electron chi connectivity index (χ3n) is 6.88. The molecule has 0 atom stereocenters. The quantitative estimate of drug-likeness (QED) is 0.385. The fourth-order valence-electron chi connectivity index (χ4n) is 4.66. The molecule has 2 aromatic carbocycles. The summed E-state index contributed by atoms with van der Waals surface area (Å²) in [6.07, 6.45) is 3.31. The van der Waals surface area contributed by atoms with Gasteiger partial charge in [0.25, 0.3) is 11.8 Å². The number of nitrogens with two attached hydrogens (primary N) is 1. The summed E-state index contributed by atoms with van der Waals surface area (Å²) in [5.74, 6) is -0.120. The molecule has 0 unspecified atom stereocenters. The van der Waals surface area contributed by atoms with Crippen LogP contribution in [0.4, 0.5) is 5.69 Å². The molecule has 3 aromatic rings. The van der Waals surface area contributed by atoms with Crippen LogP contribution in [-0.4, -0.2) is 54.9 Å². The Labute approximate surface area is 217 Å². The minimum atomic E-state index is -0.575. The third-order valence-corrected chi connectivity index (χ3v) is 6.88. The van der Waals surface area contributed by atoms with Crippen molar-refractivity contribution in [2.45, 2.75) is 19.3 Å². The third kappa shape index (κ3) is 6.32. The Balaban J connectivity index is 1.54. The number of benzene rings is 2. The zero-order chi connectivity index (χ0) is 26.4. The predicted octanol–water partition coefficient (Wildman–Crippen LogP) is 3.95. The maximum atomic E-state index is 12.8. The van der Waals surface area contributed by atoms with E-state index in [0.29, 0.717) is 40.7 Å². The van der Waals surface area contributed by atoms with E-state index >= 15 is 0 Å². The number of rotatable bonds is 9. The number of aromatic nitrogens is 1. The number of hydrogen-bond acceptors (Lipinski definition) is 6. The van der Waals surface area contributed by atoms with Gasteiger partial charge < -0.3 is 21.3 Å². The second-order valence-corrected chi connectivity index (χ2v) is 9.56. The lowest BCUT2D eigenvalue weighted by atomic mass is 9.94. The van der Waals surface area contributed by atoms with Gasteiger partial charge in [-0.1, -0.05) is 30.8 Å². The minimum absolute atomic E-state index is 0.186. The van der Waals surface area contributed by atoms with Gasteiger partial charge in [0.05, 0.1) is 23.0 Å². The van der Waals surface area contributed by atoms with Crippen molar-refractivity contribution >= 4 is 28.3 Å². The van der Waals surface area contributed by atoms with Gasteiger partial charge in [0.2, 0.25) is 0 Å². The summed E-state index contributed by atoms with van der Waals surface area (Å²) < 4.78 is 0. The van der Waals surface area contributed by atoms with E-state index in [1.807, 2.05) is 42.5 Å². The van der Waals surface area contributed by atoms with Crippen molar-refractivity contribution in [1.82, 2.24) is 15.2 Å². The predicted molar refractivity (Wildman–Crippen MR) is 146 cm³/mol. The molecule has 4 rings (SSSR count). The van der Waals surface area contributed by atoms with Crippen LogP contribution in [0.1, 0.15) is 40.1 Å². The molecule has 1 aliphatic rings. The van der Waals surface area contributed by atoms with Crippen LogP contribution in [0, 0.1) is 17.2 Å². The number of amides is 2. The molecule has 190 valence electrons. The molecule has 8 nitrogen and oxygen atoms in total. The highest BCUT2D eigenvalue weighted by molar-refractivity contribution is 6.08. The summed E-state index contributed by atoms with van der Waals surface area (Å²) in [5, 5.41) is 16.9. The minimum Gasteiger partial charge on any atom is -0.379 e. The molecule has 1 saturated heterocycles. The van der Waals surface area contributed by atoms with E-state index in [0.717, 1.165) is 35.8 Å². The zero-order valence-corrected chi connectivity index (χ0v) is 21.1. The highest BCUT2D eigenvalue weighted by Crippen LogP contribution is 2.31. The molecule has 0 bridgehead atoms. The number of hydrogen-bond donors (Lipinski definition) is 3. The van der Waals surface area contributed by atoms with Gasteiger partial charge in [-0.05, 0) is 75.0 Å². The monoisotopic (exact) mass is 496 g/mol. The summed E-state index contributed by atoms with van der Waals surface area (Å²) in [6, 6.07) is 16.6. The van der Waals surface area contributed by atoms with Crippen molar-refractivity contribution in [3.8, 4) is 17.3 Å². The summed E-state index contributed by atoms with van der Waals surface area (Å²) in [6.45, 7) is 6.73. The number of likely N-dealkylation sites (tertiary alicyclic amines) is 1. The van der Waals surface area contributed by atoms with Gasteiger partial charge in [-0.3, -0.25) is 9.59 Å². The Morgan fingerprint density at radius 2 is 1.95 bits per heavy atom. The lowest BCUT2D eigenvalue weighted by Gasteiger charge is -2.28. The Bertz CT molecular complexity index is 1370. The van der Waals surface area contributed by atoms with Crippen LogP contribution in [-0.2, 0) is 0 Å². The van der Waals surface area contributed by atoms with Crippen LogP contribution in [0.2, 0.25) is 0 Å². The number of piperidine rings is 1. The molecule has 0 spiro atoms. The Morgan fingerprint density at radius 3 is 2.68 bits per heavy atom. The van der Waals surface area contributed by atoms with Gasteiger partial charge in [-0.15, -0.1) is 0 Å². The number of carbonyl (C=O) groups is 2. The van der Waals surface area contributed by atoms with Gasteiger partial charge in [-0.2, -0.15) is 5.26 Å². The number of nitrogens with one attached hydrogen (secondary N) is 2. The molecule has 37 heavy (non-hydrogen) atoms. The summed E-state index contributed by atoms with van der Waals surface area (Å²) >= 11 is 0. The van der Waals surface area contributed by atoms with Crippen molar-refractivity contribution in [1.29, 1.82) is 5.26 Å². The Morgan fingerprint density at radius 1 is 1.19 bits per heavy atom. The maximum absolute atomic E-state index is 12.8. The highest BCUT2D eigenvalue weighted by atomic mass is 16.2. The van der Waals surface area contributed by atoms with E-state index in [2.05, 4.69) is 34.1 Å². The largest absolute Gasteiger partial charge is 0.379 e. The topological polar surface area (TPSA) is 124 Å². The lowest BCUT2D eigenvalue weighted by Crippen LogP contribution is -2.32. The molecule has 1 aliphatic heterocycles. The molecule has 0 aliphatic carbocycles. The maximum Gasteiger partial charge on any atom is 0.269 e. The number of nitrogens with zero attached hydrogens (tertiary/aromatic N) is 3. The molecule has 2 amide bonds. The summed E-state index contributed by atoms with van der Waals surface area (Å²) in [7, 11) is 2.14. The van der Waals surface area contributed by atoms with Crippen LogP contribution in [0.3, 0.4) is 0 Å². The molecule has 0 saturated carbocycles. The standard InChI is InChI=1S/C29H32N6O2/c1-19(17-30)18-33-27-23(28(31)36)9-8-21-6-7-22(16-24(21)27)25-4-3-5-26(34-25)29(37)32-13-10-20-11-14-35(2)15-12-20/h3-9,16,20,33H,1,10-15,18H2,2H3,(H2,31,36)(H,32,37). The molecular weight excluding hydrogens is 464 g/mol. The van der Waals surface area contributed by atoms with E-state index in [-0.39, 0.29) is 12.5 Å². The number of pyridine rings is 1. The van der Waals surface area contributed by atoms with Crippen molar-refractivity contribution in [2.75, 3.05) is 38.5 Å². The Kier molecular flexibility index (Phi) is 8.16. The second-order valence-electron chi connectivity index (χ2n) is 9.56.